The summed E-state index contributed by atoms with van der Waals surface area (Å²) in [6.45, 7) is 2.65. The van der Waals surface area contributed by atoms with Gasteiger partial charge in [0.1, 0.15) is 0 Å². The highest BCUT2D eigenvalue weighted by Gasteiger charge is 2.28. The molecule has 0 bridgehead atoms. The van der Waals surface area contributed by atoms with E-state index in [0.29, 0.717) is 61.9 Å². The van der Waals surface area contributed by atoms with Crippen LogP contribution in [-0.4, -0.2) is 60.6 Å². The van der Waals surface area contributed by atoms with E-state index in [1.807, 2.05) is 0 Å². The van der Waals surface area contributed by atoms with Crippen LogP contribution in [0, 0.1) is 0 Å². The van der Waals surface area contributed by atoms with Gasteiger partial charge in [-0.1, -0.05) is 5.16 Å². The van der Waals surface area contributed by atoms with Crippen molar-refractivity contribution in [2.75, 3.05) is 31.2 Å². The Bertz CT molecular complexity index is 995. The second-order valence-electron chi connectivity index (χ2n) is 7.25. The van der Waals surface area contributed by atoms with Gasteiger partial charge in [0.05, 0.1) is 6.26 Å². The molecule has 1 aliphatic heterocycles. The van der Waals surface area contributed by atoms with Crippen LogP contribution in [0.3, 0.4) is 0 Å². The maximum Gasteiger partial charge on any atom is 0.251 e. The highest BCUT2D eigenvalue weighted by Crippen LogP contribution is 2.27. The first-order valence-corrected chi connectivity index (χ1v) is 11.5. The number of hydrogen-bond acceptors (Lipinski definition) is 7. The van der Waals surface area contributed by atoms with Crippen LogP contribution in [0.25, 0.3) is 0 Å². The first kappa shape index (κ1) is 21.9. The number of nitrogens with one attached hydrogen (secondary N) is 2. The fourth-order valence-corrected chi connectivity index (χ4v) is 4.15. The van der Waals surface area contributed by atoms with Crippen LogP contribution in [-0.2, 0) is 21.2 Å². The third-order valence-corrected chi connectivity index (χ3v) is 6.17. The number of amides is 2. The molecule has 1 aromatic heterocycles. The van der Waals surface area contributed by atoms with Crippen molar-refractivity contribution >= 4 is 27.5 Å². The molecule has 1 aliphatic rings. The van der Waals surface area contributed by atoms with E-state index in [1.165, 1.54) is 17.5 Å². The van der Waals surface area contributed by atoms with Gasteiger partial charge in [0, 0.05) is 50.1 Å². The molecule has 11 heteroatoms. The van der Waals surface area contributed by atoms with Gasteiger partial charge in [-0.15, -0.1) is 0 Å². The summed E-state index contributed by atoms with van der Waals surface area (Å²) in [5.74, 6) is 0.663. The second-order valence-corrected chi connectivity index (χ2v) is 9.23. The smallest absolute Gasteiger partial charge is 0.251 e. The molecule has 10 nitrogen and oxygen atoms in total. The summed E-state index contributed by atoms with van der Waals surface area (Å²) < 4.78 is 29.9. The number of rotatable bonds is 7. The fraction of sp³-hybridized carbons (Fsp3) is 0.474. The molecule has 2 N–H and O–H groups in total. The van der Waals surface area contributed by atoms with Crippen LogP contribution >= 0.6 is 0 Å². The van der Waals surface area contributed by atoms with E-state index in [9.17, 15) is 18.0 Å². The Hall–Kier alpha value is -2.79. The molecule has 3 rings (SSSR count). The van der Waals surface area contributed by atoms with Crippen molar-refractivity contribution in [2.45, 2.75) is 32.1 Å². The number of aromatic nitrogens is 2. The topological polar surface area (TPSA) is 134 Å². The van der Waals surface area contributed by atoms with E-state index < -0.39 is 10.0 Å². The third-order valence-electron chi connectivity index (χ3n) is 4.86. The zero-order valence-electron chi connectivity index (χ0n) is 16.9. The number of nitrogens with zero attached hydrogens (tertiary/aromatic N) is 3. The monoisotopic (exact) mass is 435 g/mol. The van der Waals surface area contributed by atoms with Gasteiger partial charge in [-0.2, -0.15) is 4.98 Å². The molecular formula is C19H25N5O5S. The number of sulfonamides is 1. The van der Waals surface area contributed by atoms with Gasteiger partial charge in [0.2, 0.25) is 21.8 Å². The average molecular weight is 436 g/mol. The minimum absolute atomic E-state index is 0.0669. The summed E-state index contributed by atoms with van der Waals surface area (Å²) in [6.07, 6.45) is 2.91. The maximum atomic E-state index is 12.2. The first-order chi connectivity index (χ1) is 14.2. The van der Waals surface area contributed by atoms with Crippen LogP contribution in [0.5, 0.6) is 0 Å². The highest BCUT2D eigenvalue weighted by atomic mass is 32.2. The highest BCUT2D eigenvalue weighted by molar-refractivity contribution is 7.88. The number of piperidine rings is 1. The van der Waals surface area contributed by atoms with E-state index in [-0.39, 0.29) is 17.7 Å². The number of carbonyl (C=O) groups is 2. The summed E-state index contributed by atoms with van der Waals surface area (Å²) in [5, 5.41) is 9.45. The van der Waals surface area contributed by atoms with Crippen LogP contribution in [0.1, 0.15) is 47.8 Å². The van der Waals surface area contributed by atoms with Crippen molar-refractivity contribution in [3.05, 3.63) is 41.5 Å². The van der Waals surface area contributed by atoms with E-state index in [2.05, 4.69) is 20.8 Å². The van der Waals surface area contributed by atoms with Gasteiger partial charge in [-0.05, 0) is 37.1 Å². The van der Waals surface area contributed by atoms with Crippen LogP contribution < -0.4 is 10.6 Å². The van der Waals surface area contributed by atoms with Crippen LogP contribution in [0.4, 0.5) is 5.69 Å². The summed E-state index contributed by atoms with van der Waals surface area (Å²) in [5.41, 5.74) is 1.10. The minimum Gasteiger partial charge on any atom is -0.352 e. The predicted octanol–water partition coefficient (Wildman–Crippen LogP) is 1.14. The molecular weight excluding hydrogens is 410 g/mol. The van der Waals surface area contributed by atoms with E-state index in [4.69, 9.17) is 4.52 Å². The Labute approximate surface area is 175 Å². The molecule has 1 aromatic carbocycles. The molecule has 0 spiro atoms. The van der Waals surface area contributed by atoms with Gasteiger partial charge in [-0.3, -0.25) is 9.59 Å². The number of anilines is 1. The summed E-state index contributed by atoms with van der Waals surface area (Å²) in [7, 11) is -3.17. The van der Waals surface area contributed by atoms with Gasteiger partial charge < -0.3 is 15.2 Å². The van der Waals surface area contributed by atoms with Crippen molar-refractivity contribution in [3.8, 4) is 0 Å². The lowest BCUT2D eigenvalue weighted by Gasteiger charge is -2.28. The quantitative estimate of drug-likeness (QED) is 0.666. The zero-order valence-corrected chi connectivity index (χ0v) is 17.7. The Morgan fingerprint density at radius 2 is 1.87 bits per heavy atom. The average Bonchev–Trinajstić information content (AvgIpc) is 3.16. The molecule has 1 fully saturated rings. The number of carbonyl (C=O) groups excluding carboxylic acids is 2. The van der Waals surface area contributed by atoms with Crippen molar-refractivity contribution in [3.63, 3.8) is 0 Å². The zero-order chi connectivity index (χ0) is 21.7. The summed E-state index contributed by atoms with van der Waals surface area (Å²) >= 11 is 0. The standard InChI is InChI=1S/C19H25N5O5S/c1-13(25)21-16-5-3-15(4-6-16)19(26)20-10-7-17-22-18(23-29-17)14-8-11-24(12-9-14)30(2,27)28/h3-6,14H,7-12H2,1-2H3,(H,20,26)(H,21,25). The van der Waals surface area contributed by atoms with E-state index >= 15 is 0 Å². The molecule has 0 aliphatic carbocycles. The first-order valence-electron chi connectivity index (χ1n) is 9.66. The fourth-order valence-electron chi connectivity index (χ4n) is 3.27. The Kier molecular flexibility index (Phi) is 6.83. The van der Waals surface area contributed by atoms with Crippen molar-refractivity contribution in [1.82, 2.24) is 19.8 Å². The minimum atomic E-state index is -3.17. The summed E-state index contributed by atoms with van der Waals surface area (Å²) in [6, 6.07) is 6.59. The molecule has 0 unspecified atom stereocenters. The molecule has 1 saturated heterocycles. The van der Waals surface area contributed by atoms with Crippen molar-refractivity contribution in [1.29, 1.82) is 0 Å². The third kappa shape index (κ3) is 5.86. The largest absolute Gasteiger partial charge is 0.352 e. The lowest BCUT2D eigenvalue weighted by molar-refractivity contribution is -0.114. The van der Waals surface area contributed by atoms with Crippen LogP contribution in [0.2, 0.25) is 0 Å². The molecule has 30 heavy (non-hydrogen) atoms. The molecule has 0 radical (unpaired) electrons. The molecule has 2 amide bonds. The Balaban J connectivity index is 1.45. The number of hydrogen-bond donors (Lipinski definition) is 2. The van der Waals surface area contributed by atoms with Gasteiger partial charge >= 0.3 is 0 Å². The summed E-state index contributed by atoms with van der Waals surface area (Å²) in [4.78, 5) is 27.6. The molecule has 2 heterocycles. The van der Waals surface area contributed by atoms with E-state index in [0.717, 1.165) is 0 Å². The Morgan fingerprint density at radius 3 is 2.47 bits per heavy atom. The van der Waals surface area contributed by atoms with Gasteiger partial charge in [0.25, 0.3) is 5.91 Å². The molecule has 0 saturated carbocycles. The molecule has 162 valence electrons. The Morgan fingerprint density at radius 1 is 1.20 bits per heavy atom. The SMILES string of the molecule is CC(=O)Nc1ccc(C(=O)NCCc2nc(C3CCN(S(C)(=O)=O)CC3)no2)cc1. The maximum absolute atomic E-state index is 12.2. The van der Waals surface area contributed by atoms with Gasteiger partial charge in [-0.25, -0.2) is 12.7 Å². The van der Waals surface area contributed by atoms with Crippen molar-refractivity contribution < 1.29 is 22.5 Å². The normalized spacial score (nSPS) is 15.7. The van der Waals surface area contributed by atoms with Crippen molar-refractivity contribution in [2.24, 2.45) is 0 Å². The molecule has 2 aromatic rings. The van der Waals surface area contributed by atoms with E-state index in [1.54, 1.807) is 24.3 Å². The lowest BCUT2D eigenvalue weighted by Crippen LogP contribution is -2.37. The van der Waals surface area contributed by atoms with Crippen LogP contribution in [0.15, 0.2) is 28.8 Å². The number of benzene rings is 1. The second kappa shape index (κ2) is 9.35. The predicted molar refractivity (Wildman–Crippen MR) is 109 cm³/mol. The lowest BCUT2D eigenvalue weighted by atomic mass is 9.97. The van der Waals surface area contributed by atoms with Gasteiger partial charge in [0.15, 0.2) is 5.82 Å². The molecule has 0 atom stereocenters.